The molecule has 48 heavy (non-hydrogen) atoms. The molecule has 1 heterocycles. The lowest BCUT2D eigenvalue weighted by Crippen LogP contribution is -2.55. The topological polar surface area (TPSA) is 116 Å². The van der Waals surface area contributed by atoms with Crippen molar-refractivity contribution in [1.29, 1.82) is 0 Å². The summed E-state index contributed by atoms with van der Waals surface area (Å²) in [7, 11) is 0.739. The summed E-state index contributed by atoms with van der Waals surface area (Å²) in [6.07, 6.45) is -3.58. The smallest absolute Gasteiger partial charge is 0.432 e. The van der Waals surface area contributed by atoms with Crippen LogP contribution in [-0.4, -0.2) is 54.7 Å². The maximum absolute atomic E-state index is 14.9. The molecular formula is C37H46F3NO7. The van der Waals surface area contributed by atoms with Crippen LogP contribution < -0.4 is 5.32 Å². The molecule has 3 aliphatic rings. The molecule has 262 valence electrons. The first kappa shape index (κ1) is 37.2. The minimum atomic E-state index is -5.26. The van der Waals surface area contributed by atoms with E-state index in [-0.39, 0.29) is 37.1 Å². The van der Waals surface area contributed by atoms with Gasteiger partial charge in [-0.3, -0.25) is 14.4 Å². The van der Waals surface area contributed by atoms with Crippen LogP contribution in [0.4, 0.5) is 13.2 Å². The van der Waals surface area contributed by atoms with E-state index in [1.165, 1.54) is 25.1 Å². The fourth-order valence-electron chi connectivity index (χ4n) is 8.10. The zero-order valence-corrected chi connectivity index (χ0v) is 28.6. The zero-order chi connectivity index (χ0) is 35.8. The molecule has 2 aliphatic carbocycles. The Labute approximate surface area is 279 Å². The van der Waals surface area contributed by atoms with E-state index < -0.39 is 82.3 Å². The van der Waals surface area contributed by atoms with Gasteiger partial charge in [-0.1, -0.05) is 74.4 Å². The second-order valence-corrected chi connectivity index (χ2v) is 14.2. The molecule has 0 aromatic heterocycles. The van der Waals surface area contributed by atoms with Gasteiger partial charge in [0.25, 0.3) is 5.60 Å². The van der Waals surface area contributed by atoms with Crippen molar-refractivity contribution in [3.8, 4) is 0 Å². The highest BCUT2D eigenvalue weighted by Crippen LogP contribution is 2.56. The normalized spacial score (nSPS) is 32.1. The number of amides is 1. The summed E-state index contributed by atoms with van der Waals surface area (Å²) in [5.41, 5.74) is -3.98. The minimum Gasteiger partial charge on any atom is -0.452 e. The predicted octanol–water partition coefficient (Wildman–Crippen LogP) is 6.23. The summed E-state index contributed by atoms with van der Waals surface area (Å²) >= 11 is 0. The highest BCUT2D eigenvalue weighted by atomic mass is 19.4. The van der Waals surface area contributed by atoms with E-state index in [0.29, 0.717) is 12.0 Å². The highest BCUT2D eigenvalue weighted by Gasteiger charge is 2.67. The van der Waals surface area contributed by atoms with E-state index in [0.717, 1.165) is 24.8 Å². The third kappa shape index (κ3) is 6.54. The van der Waals surface area contributed by atoms with Gasteiger partial charge < -0.3 is 19.6 Å². The predicted molar refractivity (Wildman–Crippen MR) is 171 cm³/mol. The van der Waals surface area contributed by atoms with Crippen LogP contribution in [0.2, 0.25) is 0 Å². The van der Waals surface area contributed by atoms with Gasteiger partial charge in [0.1, 0.15) is 11.2 Å². The van der Waals surface area contributed by atoms with Crippen LogP contribution >= 0.6 is 0 Å². The van der Waals surface area contributed by atoms with Crippen molar-refractivity contribution < 1.29 is 46.6 Å². The Morgan fingerprint density at radius 1 is 1.06 bits per heavy atom. The molecule has 0 radical (unpaired) electrons. The standard InChI is InChI=1S/C37H46F3NO7/c1-20(2)15-28-31-24(6)22(4)17-27-16-21(3)13-14-30(29(43)19-25(18-23(5)42)32(44)35(27,31)33(45)41-28)48-34(46)36(47-7,37(38,39)40)26-11-9-8-10-12-26/h8-12,16-17,20,24-25,27-28,30-31H,13-15,18-19H2,1-7H3,(H,41,45)/b21-16+/t24-,25-,27+,28+,30-,31+,35+,36-/m1/s1. The Bertz CT molecular complexity index is 1500. The van der Waals surface area contributed by atoms with Crippen LogP contribution in [0, 0.1) is 35.0 Å². The quantitative estimate of drug-likeness (QED) is 0.198. The summed E-state index contributed by atoms with van der Waals surface area (Å²) in [6.45, 7) is 11.0. The molecule has 1 fully saturated rings. The minimum absolute atomic E-state index is 0.128. The first-order valence-electron chi connectivity index (χ1n) is 16.5. The number of carbonyl (C=O) groups excluding carboxylic acids is 5. The van der Waals surface area contributed by atoms with Crippen LogP contribution in [-0.2, 0) is 39.0 Å². The number of halogens is 3. The number of esters is 1. The largest absolute Gasteiger partial charge is 0.452 e. The lowest BCUT2D eigenvalue weighted by molar-refractivity contribution is -0.278. The molecule has 1 aromatic rings. The summed E-state index contributed by atoms with van der Waals surface area (Å²) < 4.78 is 54.3. The first-order chi connectivity index (χ1) is 22.4. The van der Waals surface area contributed by atoms with E-state index in [1.807, 2.05) is 39.8 Å². The van der Waals surface area contributed by atoms with Crippen molar-refractivity contribution in [2.45, 2.75) is 97.6 Å². The second kappa shape index (κ2) is 14.1. The number of carbonyl (C=O) groups is 5. The number of hydrogen-bond donors (Lipinski definition) is 1. The van der Waals surface area contributed by atoms with Crippen molar-refractivity contribution in [1.82, 2.24) is 5.32 Å². The molecule has 11 heteroatoms. The second-order valence-electron chi connectivity index (χ2n) is 14.2. The maximum Gasteiger partial charge on any atom is 0.432 e. The number of nitrogens with one attached hydrogen (secondary N) is 1. The van der Waals surface area contributed by atoms with E-state index in [1.54, 1.807) is 6.92 Å². The molecule has 1 aromatic carbocycles. The van der Waals surface area contributed by atoms with Crippen molar-refractivity contribution in [3.63, 3.8) is 0 Å². The third-order valence-corrected chi connectivity index (χ3v) is 10.4. The lowest BCUT2D eigenvalue weighted by atomic mass is 9.53. The van der Waals surface area contributed by atoms with Crippen LogP contribution in [0.5, 0.6) is 0 Å². The van der Waals surface area contributed by atoms with Gasteiger partial charge in [0.05, 0.1) is 0 Å². The lowest BCUT2D eigenvalue weighted by Gasteiger charge is -2.46. The third-order valence-electron chi connectivity index (χ3n) is 10.4. The summed E-state index contributed by atoms with van der Waals surface area (Å²) in [5.74, 6) is -6.40. The number of rotatable bonds is 8. The van der Waals surface area contributed by atoms with Gasteiger partial charge in [-0.15, -0.1) is 0 Å². The van der Waals surface area contributed by atoms with Gasteiger partial charge in [-0.25, -0.2) is 4.79 Å². The number of ketones is 3. The van der Waals surface area contributed by atoms with Crippen molar-refractivity contribution in [2.75, 3.05) is 7.11 Å². The Kier molecular flexibility index (Phi) is 10.9. The Morgan fingerprint density at radius 3 is 2.27 bits per heavy atom. The number of benzene rings is 1. The first-order valence-corrected chi connectivity index (χ1v) is 16.5. The fraction of sp³-hybridized carbons (Fsp3) is 0.595. The van der Waals surface area contributed by atoms with E-state index >= 15 is 0 Å². The molecule has 8 atom stereocenters. The number of methoxy groups -OCH3 is 1. The monoisotopic (exact) mass is 673 g/mol. The van der Waals surface area contributed by atoms with Crippen LogP contribution in [0.1, 0.15) is 79.2 Å². The molecule has 1 amide bonds. The van der Waals surface area contributed by atoms with Crippen molar-refractivity contribution >= 4 is 29.2 Å². The molecular weight excluding hydrogens is 627 g/mol. The molecule has 1 spiro atoms. The van der Waals surface area contributed by atoms with Gasteiger partial charge >= 0.3 is 12.1 Å². The maximum atomic E-state index is 14.9. The molecule has 1 aliphatic heterocycles. The van der Waals surface area contributed by atoms with Gasteiger partial charge in [0, 0.05) is 49.3 Å². The zero-order valence-electron chi connectivity index (χ0n) is 28.6. The summed E-state index contributed by atoms with van der Waals surface area (Å²) in [4.78, 5) is 69.3. The average Bonchev–Trinajstić information content (AvgIpc) is 3.28. The molecule has 0 unspecified atom stereocenters. The van der Waals surface area contributed by atoms with Crippen LogP contribution in [0.3, 0.4) is 0 Å². The number of Topliss-reactive ketones (excluding diaryl/α,β-unsaturated/α-hetero) is 3. The number of ether oxygens (including phenoxy) is 2. The van der Waals surface area contributed by atoms with Gasteiger partial charge in [0.2, 0.25) is 5.91 Å². The molecule has 8 nitrogen and oxygen atoms in total. The van der Waals surface area contributed by atoms with E-state index in [4.69, 9.17) is 9.47 Å². The van der Waals surface area contributed by atoms with E-state index in [9.17, 15) is 37.1 Å². The highest BCUT2D eigenvalue weighted by molar-refractivity contribution is 6.12. The summed E-state index contributed by atoms with van der Waals surface area (Å²) in [6, 6.07) is 5.96. The Balaban J connectivity index is 1.82. The molecule has 0 saturated carbocycles. The van der Waals surface area contributed by atoms with Crippen LogP contribution in [0.25, 0.3) is 0 Å². The Hall–Kier alpha value is -3.60. The SMILES string of the molecule is CO[C@@](C(=O)O[C@@H]1CC/C(C)=C/[C@H]2C=C(C)[C@@H](C)[C@H]3[C@H](CC(C)C)NC(=O)[C@]32C(=O)[C@H](CC(C)=O)CC1=O)(c1ccccc1)C(F)(F)F. The Morgan fingerprint density at radius 2 is 1.71 bits per heavy atom. The number of hydrogen-bond acceptors (Lipinski definition) is 7. The van der Waals surface area contributed by atoms with Gasteiger partial charge in [0.15, 0.2) is 17.7 Å². The molecule has 4 rings (SSSR count). The molecule has 1 N–H and O–H groups in total. The number of alkyl halides is 3. The summed E-state index contributed by atoms with van der Waals surface area (Å²) in [5, 5.41) is 3.10. The van der Waals surface area contributed by atoms with Gasteiger partial charge in [-0.05, 0) is 51.9 Å². The average molecular weight is 674 g/mol. The fourth-order valence-corrected chi connectivity index (χ4v) is 8.10. The van der Waals surface area contributed by atoms with E-state index in [2.05, 4.69) is 5.32 Å². The van der Waals surface area contributed by atoms with Gasteiger partial charge in [-0.2, -0.15) is 13.2 Å². The molecule has 1 saturated heterocycles. The van der Waals surface area contributed by atoms with Crippen LogP contribution in [0.15, 0.2) is 53.6 Å². The number of allylic oxidation sites excluding steroid dienone is 4. The molecule has 0 bridgehead atoms. The van der Waals surface area contributed by atoms with Crippen molar-refractivity contribution in [2.24, 2.45) is 35.0 Å². The van der Waals surface area contributed by atoms with Crippen molar-refractivity contribution in [3.05, 3.63) is 59.2 Å².